The molecule has 25 heavy (non-hydrogen) atoms. The van der Waals surface area contributed by atoms with Crippen LogP contribution in [-0.2, 0) is 9.53 Å². The largest absolute Gasteiger partial charge is 0.466 e. The molecule has 0 aliphatic carbocycles. The van der Waals surface area contributed by atoms with E-state index in [1.54, 1.807) is 35.4 Å². The number of esters is 1. The lowest BCUT2D eigenvalue weighted by molar-refractivity contribution is -0.149. The Morgan fingerprint density at radius 2 is 2.00 bits per heavy atom. The van der Waals surface area contributed by atoms with Crippen LogP contribution in [0.15, 0.2) is 12.3 Å². The second-order valence-corrected chi connectivity index (χ2v) is 6.91. The summed E-state index contributed by atoms with van der Waals surface area (Å²) >= 11 is 12.2. The molecule has 1 fully saturated rings. The average Bonchev–Trinajstić information content (AvgIpc) is 2.91. The van der Waals surface area contributed by atoms with Crippen molar-refractivity contribution in [2.75, 3.05) is 19.7 Å². The van der Waals surface area contributed by atoms with Gasteiger partial charge in [-0.25, -0.2) is 4.98 Å². The molecule has 2 aromatic heterocycles. The smallest absolute Gasteiger partial charge is 0.309 e. The van der Waals surface area contributed by atoms with Gasteiger partial charge in [0, 0.05) is 19.3 Å². The summed E-state index contributed by atoms with van der Waals surface area (Å²) in [5.74, 6) is -0.457. The summed E-state index contributed by atoms with van der Waals surface area (Å²) in [5.41, 5.74) is 1.56. The quantitative estimate of drug-likeness (QED) is 0.762. The molecule has 0 spiro atoms. The van der Waals surface area contributed by atoms with Crippen LogP contribution in [-0.4, -0.2) is 45.9 Å². The van der Waals surface area contributed by atoms with Gasteiger partial charge in [0.05, 0.1) is 28.3 Å². The number of rotatable bonds is 3. The molecule has 1 aliphatic rings. The van der Waals surface area contributed by atoms with Gasteiger partial charge >= 0.3 is 5.97 Å². The minimum Gasteiger partial charge on any atom is -0.466 e. The first-order chi connectivity index (χ1) is 11.9. The van der Waals surface area contributed by atoms with E-state index < -0.39 is 0 Å². The van der Waals surface area contributed by atoms with E-state index in [0.717, 1.165) is 0 Å². The molecule has 1 amide bonds. The van der Waals surface area contributed by atoms with E-state index >= 15 is 0 Å². The number of hydrogen-bond acceptors (Lipinski definition) is 4. The SMILES string of the molecule is CCOC(=O)C1CCN(C(=O)c2c(C)nc3c(Cl)cc(Cl)cn23)CC1. The minimum absolute atomic E-state index is 0.134. The first kappa shape index (κ1) is 18.0. The van der Waals surface area contributed by atoms with Gasteiger partial charge in [-0.05, 0) is 32.8 Å². The highest BCUT2D eigenvalue weighted by atomic mass is 35.5. The number of aryl methyl sites for hydroxylation is 1. The van der Waals surface area contributed by atoms with Crippen molar-refractivity contribution in [2.24, 2.45) is 5.92 Å². The number of carbonyl (C=O) groups excluding carboxylic acids is 2. The highest BCUT2D eigenvalue weighted by molar-refractivity contribution is 6.36. The molecule has 2 aromatic rings. The van der Waals surface area contributed by atoms with E-state index in [1.165, 1.54) is 0 Å². The van der Waals surface area contributed by atoms with Crippen molar-refractivity contribution in [1.82, 2.24) is 14.3 Å². The Hall–Kier alpha value is -1.79. The zero-order chi connectivity index (χ0) is 18.1. The molecule has 6 nitrogen and oxygen atoms in total. The number of pyridine rings is 1. The predicted octanol–water partition coefficient (Wildman–Crippen LogP) is 3.36. The fraction of sp³-hybridized carbons (Fsp3) is 0.471. The Morgan fingerprint density at radius 1 is 1.32 bits per heavy atom. The second kappa shape index (κ2) is 7.22. The van der Waals surface area contributed by atoms with Gasteiger partial charge < -0.3 is 9.64 Å². The lowest BCUT2D eigenvalue weighted by Gasteiger charge is -2.30. The van der Waals surface area contributed by atoms with Crippen molar-refractivity contribution in [1.29, 1.82) is 0 Å². The number of hydrogen-bond donors (Lipinski definition) is 0. The molecule has 134 valence electrons. The number of piperidine rings is 1. The molecule has 3 rings (SSSR count). The number of aromatic nitrogens is 2. The predicted molar refractivity (Wildman–Crippen MR) is 95.2 cm³/mol. The first-order valence-corrected chi connectivity index (χ1v) is 8.97. The van der Waals surface area contributed by atoms with Crippen LogP contribution in [0.1, 0.15) is 35.9 Å². The monoisotopic (exact) mass is 383 g/mol. The lowest BCUT2D eigenvalue weighted by Crippen LogP contribution is -2.41. The number of halogens is 2. The Bertz CT molecular complexity index is 826. The summed E-state index contributed by atoms with van der Waals surface area (Å²) in [4.78, 5) is 30.9. The van der Waals surface area contributed by atoms with Crippen molar-refractivity contribution in [3.63, 3.8) is 0 Å². The number of nitrogens with zero attached hydrogens (tertiary/aromatic N) is 3. The molecule has 8 heteroatoms. The van der Waals surface area contributed by atoms with Crippen LogP contribution in [0, 0.1) is 12.8 Å². The fourth-order valence-electron chi connectivity index (χ4n) is 3.17. The van der Waals surface area contributed by atoms with Crippen LogP contribution < -0.4 is 0 Å². The lowest BCUT2D eigenvalue weighted by atomic mass is 9.97. The van der Waals surface area contributed by atoms with Crippen LogP contribution in [0.5, 0.6) is 0 Å². The summed E-state index contributed by atoms with van der Waals surface area (Å²) < 4.78 is 6.71. The van der Waals surface area contributed by atoms with Gasteiger partial charge in [0.15, 0.2) is 5.65 Å². The van der Waals surface area contributed by atoms with Gasteiger partial charge in [-0.1, -0.05) is 23.2 Å². The summed E-state index contributed by atoms with van der Waals surface area (Å²) in [6, 6.07) is 1.60. The third-order valence-corrected chi connectivity index (χ3v) is 4.91. The van der Waals surface area contributed by atoms with Gasteiger partial charge in [0.25, 0.3) is 5.91 Å². The third kappa shape index (κ3) is 3.46. The number of ether oxygens (including phenoxy) is 1. The van der Waals surface area contributed by atoms with Crippen LogP contribution in [0.4, 0.5) is 0 Å². The summed E-state index contributed by atoms with van der Waals surface area (Å²) in [5, 5.41) is 0.834. The van der Waals surface area contributed by atoms with Gasteiger partial charge in [0.1, 0.15) is 5.69 Å². The van der Waals surface area contributed by atoms with Gasteiger partial charge in [-0.15, -0.1) is 0 Å². The van der Waals surface area contributed by atoms with Crippen molar-refractivity contribution >= 4 is 40.7 Å². The van der Waals surface area contributed by atoms with Crippen LogP contribution in [0.3, 0.4) is 0 Å². The molecule has 3 heterocycles. The second-order valence-electron chi connectivity index (χ2n) is 6.06. The van der Waals surface area contributed by atoms with E-state index in [-0.39, 0.29) is 17.8 Å². The summed E-state index contributed by atoms with van der Waals surface area (Å²) in [6.45, 7) is 4.95. The summed E-state index contributed by atoms with van der Waals surface area (Å²) in [6.07, 6.45) is 2.84. The standard InChI is InChI=1S/C17H19Cl2N3O3/c1-3-25-17(24)11-4-6-21(7-5-11)16(23)14-10(2)20-15-13(19)8-12(18)9-22(14)15/h8-9,11H,3-7H2,1-2H3. The third-order valence-electron chi connectivity index (χ3n) is 4.42. The zero-order valence-corrected chi connectivity index (χ0v) is 15.6. The van der Waals surface area contributed by atoms with E-state index in [9.17, 15) is 9.59 Å². The number of likely N-dealkylation sites (tertiary alicyclic amines) is 1. The fourth-order valence-corrected chi connectivity index (χ4v) is 3.69. The van der Waals surface area contributed by atoms with Crippen molar-refractivity contribution in [3.8, 4) is 0 Å². The van der Waals surface area contributed by atoms with E-state index in [0.29, 0.717) is 59.6 Å². The first-order valence-electron chi connectivity index (χ1n) is 8.22. The molecule has 0 saturated carbocycles. The maximum atomic E-state index is 13.0. The maximum Gasteiger partial charge on any atom is 0.309 e. The minimum atomic E-state index is -0.181. The Morgan fingerprint density at radius 3 is 2.64 bits per heavy atom. The van der Waals surface area contributed by atoms with Crippen LogP contribution >= 0.6 is 23.2 Å². The molecule has 1 saturated heterocycles. The molecule has 0 bridgehead atoms. The molecule has 0 radical (unpaired) electrons. The Labute approximate surface area is 155 Å². The maximum absolute atomic E-state index is 13.0. The number of fused-ring (bicyclic) bond motifs is 1. The molecule has 0 aromatic carbocycles. The molecule has 1 aliphatic heterocycles. The zero-order valence-electron chi connectivity index (χ0n) is 14.1. The number of amides is 1. The van der Waals surface area contributed by atoms with E-state index in [2.05, 4.69) is 4.98 Å². The Kier molecular flexibility index (Phi) is 5.20. The highest BCUT2D eigenvalue weighted by Crippen LogP contribution is 2.26. The molecular weight excluding hydrogens is 365 g/mol. The van der Waals surface area contributed by atoms with Crippen LogP contribution in [0.2, 0.25) is 10.0 Å². The molecule has 0 atom stereocenters. The van der Waals surface area contributed by atoms with Gasteiger partial charge in [-0.2, -0.15) is 0 Å². The Balaban J connectivity index is 1.82. The van der Waals surface area contributed by atoms with Crippen molar-refractivity contribution in [3.05, 3.63) is 33.7 Å². The van der Waals surface area contributed by atoms with Crippen LogP contribution in [0.25, 0.3) is 5.65 Å². The molecular formula is C17H19Cl2N3O3. The summed E-state index contributed by atoms with van der Waals surface area (Å²) in [7, 11) is 0. The highest BCUT2D eigenvalue weighted by Gasteiger charge is 2.30. The van der Waals surface area contributed by atoms with Crippen molar-refractivity contribution in [2.45, 2.75) is 26.7 Å². The molecule has 0 unspecified atom stereocenters. The normalized spacial score (nSPS) is 15.6. The van der Waals surface area contributed by atoms with Crippen molar-refractivity contribution < 1.29 is 14.3 Å². The van der Waals surface area contributed by atoms with E-state index in [1.807, 2.05) is 0 Å². The number of carbonyl (C=O) groups is 2. The van der Waals surface area contributed by atoms with Gasteiger partial charge in [-0.3, -0.25) is 14.0 Å². The number of imidazole rings is 1. The van der Waals surface area contributed by atoms with E-state index in [4.69, 9.17) is 27.9 Å². The van der Waals surface area contributed by atoms with Gasteiger partial charge in [0.2, 0.25) is 0 Å². The molecule has 0 N–H and O–H groups in total. The topological polar surface area (TPSA) is 63.9 Å². The average molecular weight is 384 g/mol.